The molecule has 0 fully saturated rings. The van der Waals surface area contributed by atoms with E-state index in [9.17, 15) is 26.4 Å². The van der Waals surface area contributed by atoms with Gasteiger partial charge >= 0.3 is 21.5 Å². The molecule has 0 bridgehead atoms. The van der Waals surface area contributed by atoms with Gasteiger partial charge in [0.2, 0.25) is 0 Å². The van der Waals surface area contributed by atoms with E-state index in [0.29, 0.717) is 0 Å². The van der Waals surface area contributed by atoms with Crippen LogP contribution in [0.5, 0.6) is 0 Å². The van der Waals surface area contributed by atoms with Gasteiger partial charge in [-0.25, -0.2) is 17.9 Å². The molecule has 0 aliphatic heterocycles. The third kappa shape index (κ3) is 3.93. The minimum absolute atomic E-state index is 0.0753. The summed E-state index contributed by atoms with van der Waals surface area (Å²) in [6, 6.07) is 5.67. The van der Waals surface area contributed by atoms with E-state index in [4.69, 9.17) is 5.11 Å². The normalized spacial score (nSPS) is 12.4. The number of carboxylic acid groups (broad SMARTS) is 1. The summed E-state index contributed by atoms with van der Waals surface area (Å²) in [5, 5.41) is 8.84. The maximum Gasteiger partial charge on any atom is 0.511 e. The van der Waals surface area contributed by atoms with Crippen LogP contribution in [0.25, 0.3) is 0 Å². The van der Waals surface area contributed by atoms with E-state index in [2.05, 4.69) is 0 Å². The predicted octanol–water partition coefficient (Wildman–Crippen LogP) is 1.37. The molecule has 2 N–H and O–H groups in total. The second-order valence-electron chi connectivity index (χ2n) is 3.56. The van der Waals surface area contributed by atoms with E-state index in [0.717, 1.165) is 0 Å². The van der Waals surface area contributed by atoms with Gasteiger partial charge in [-0.1, -0.05) is 18.2 Å². The van der Waals surface area contributed by atoms with Gasteiger partial charge in [0.15, 0.2) is 0 Å². The number of nitrogens with one attached hydrogen (secondary N) is 1. The molecule has 0 aromatic heterocycles. The highest BCUT2D eigenvalue weighted by Crippen LogP contribution is 2.21. The Labute approximate surface area is 107 Å². The van der Waals surface area contributed by atoms with Crippen LogP contribution in [0.4, 0.5) is 13.2 Å². The van der Waals surface area contributed by atoms with Crippen molar-refractivity contribution in [3.8, 4) is 0 Å². The standard InChI is InChI=1S/C10H10F3NO4S/c11-10(12,13)19(17,18)14-6-5-7-3-1-2-4-8(7)9(15)16/h1-4,14H,5-6H2,(H,15,16). The van der Waals surface area contributed by atoms with Crippen molar-refractivity contribution >= 4 is 16.0 Å². The maximum atomic E-state index is 12.0. The van der Waals surface area contributed by atoms with Crippen molar-refractivity contribution in [1.29, 1.82) is 0 Å². The fourth-order valence-corrected chi connectivity index (χ4v) is 1.88. The summed E-state index contributed by atoms with van der Waals surface area (Å²) in [6.07, 6.45) is -0.155. The van der Waals surface area contributed by atoms with Crippen LogP contribution in [0.15, 0.2) is 24.3 Å². The highest BCUT2D eigenvalue weighted by molar-refractivity contribution is 7.90. The summed E-state index contributed by atoms with van der Waals surface area (Å²) < 4.78 is 58.9. The smallest absolute Gasteiger partial charge is 0.478 e. The number of aromatic carboxylic acids is 1. The van der Waals surface area contributed by atoms with Gasteiger partial charge in [-0.3, -0.25) is 0 Å². The first-order valence-electron chi connectivity index (χ1n) is 5.02. The third-order valence-electron chi connectivity index (χ3n) is 2.24. The molecule has 0 saturated carbocycles. The Bertz CT molecular complexity index is 568. The quantitative estimate of drug-likeness (QED) is 0.859. The lowest BCUT2D eigenvalue weighted by Crippen LogP contribution is -2.37. The Balaban J connectivity index is 2.72. The molecule has 0 aliphatic carbocycles. The zero-order chi connectivity index (χ0) is 14.7. The molecular formula is C10H10F3NO4S. The van der Waals surface area contributed by atoms with E-state index in [1.54, 1.807) is 0 Å². The van der Waals surface area contributed by atoms with Gasteiger partial charge in [0.25, 0.3) is 0 Å². The van der Waals surface area contributed by atoms with Crippen LogP contribution in [0, 0.1) is 0 Å². The van der Waals surface area contributed by atoms with Gasteiger partial charge in [-0.15, -0.1) is 0 Å². The van der Waals surface area contributed by atoms with Crippen LogP contribution in [-0.4, -0.2) is 31.5 Å². The second-order valence-corrected chi connectivity index (χ2v) is 5.31. The van der Waals surface area contributed by atoms with Gasteiger partial charge in [0, 0.05) is 6.54 Å². The molecule has 0 saturated heterocycles. The van der Waals surface area contributed by atoms with Crippen LogP contribution < -0.4 is 4.72 Å². The molecule has 5 nitrogen and oxygen atoms in total. The number of alkyl halides is 3. The summed E-state index contributed by atoms with van der Waals surface area (Å²) in [7, 11) is -5.40. The summed E-state index contributed by atoms with van der Waals surface area (Å²) in [5.74, 6) is -1.23. The number of hydrogen-bond acceptors (Lipinski definition) is 3. The Morgan fingerprint density at radius 2 is 1.84 bits per heavy atom. The van der Waals surface area contributed by atoms with Crippen molar-refractivity contribution in [1.82, 2.24) is 4.72 Å². The monoisotopic (exact) mass is 297 g/mol. The lowest BCUT2D eigenvalue weighted by Gasteiger charge is -2.10. The topological polar surface area (TPSA) is 83.5 Å². The largest absolute Gasteiger partial charge is 0.511 e. The average Bonchev–Trinajstić information content (AvgIpc) is 2.27. The van der Waals surface area contributed by atoms with Crippen LogP contribution in [0.2, 0.25) is 0 Å². The number of carbonyl (C=O) groups is 1. The van der Waals surface area contributed by atoms with Crippen molar-refractivity contribution in [2.75, 3.05) is 6.54 Å². The summed E-state index contributed by atoms with van der Waals surface area (Å²) >= 11 is 0. The maximum absolute atomic E-state index is 12.0. The molecule has 0 amide bonds. The molecule has 1 aromatic carbocycles. The fraction of sp³-hybridized carbons (Fsp3) is 0.300. The van der Waals surface area contributed by atoms with Crippen molar-refractivity contribution in [2.45, 2.75) is 11.9 Å². The fourth-order valence-electron chi connectivity index (χ4n) is 1.35. The summed E-state index contributed by atoms with van der Waals surface area (Å²) in [6.45, 7) is -0.536. The third-order valence-corrected chi connectivity index (χ3v) is 3.43. The molecule has 0 heterocycles. The van der Waals surface area contributed by atoms with Gasteiger partial charge in [0.1, 0.15) is 0 Å². The second kappa shape index (κ2) is 5.57. The lowest BCUT2D eigenvalue weighted by atomic mass is 10.1. The van der Waals surface area contributed by atoms with Gasteiger partial charge < -0.3 is 5.11 Å². The zero-order valence-corrected chi connectivity index (χ0v) is 10.3. The number of halogens is 3. The first kappa shape index (κ1) is 15.4. The molecule has 19 heavy (non-hydrogen) atoms. The lowest BCUT2D eigenvalue weighted by molar-refractivity contribution is -0.0447. The van der Waals surface area contributed by atoms with E-state index in [-0.39, 0.29) is 17.5 Å². The van der Waals surface area contributed by atoms with Crippen LogP contribution in [0.3, 0.4) is 0 Å². The molecule has 0 aliphatic rings. The number of benzene rings is 1. The Morgan fingerprint density at radius 3 is 2.37 bits per heavy atom. The molecular weight excluding hydrogens is 287 g/mol. The van der Waals surface area contributed by atoms with Crippen molar-refractivity contribution in [3.05, 3.63) is 35.4 Å². The minimum atomic E-state index is -5.40. The van der Waals surface area contributed by atoms with Crippen molar-refractivity contribution < 1.29 is 31.5 Å². The molecule has 0 atom stereocenters. The molecule has 1 rings (SSSR count). The van der Waals surface area contributed by atoms with Crippen molar-refractivity contribution in [2.24, 2.45) is 0 Å². The number of sulfonamides is 1. The molecule has 1 aromatic rings. The summed E-state index contributed by atoms with van der Waals surface area (Å²) in [5.41, 5.74) is -5.20. The first-order chi connectivity index (χ1) is 8.65. The Hall–Kier alpha value is -1.61. The number of rotatable bonds is 5. The molecule has 0 radical (unpaired) electrons. The van der Waals surface area contributed by atoms with Crippen LogP contribution in [-0.2, 0) is 16.4 Å². The van der Waals surface area contributed by atoms with E-state index in [1.807, 2.05) is 0 Å². The van der Waals surface area contributed by atoms with E-state index in [1.165, 1.54) is 29.0 Å². The first-order valence-corrected chi connectivity index (χ1v) is 6.50. The van der Waals surface area contributed by atoms with E-state index >= 15 is 0 Å². The van der Waals surface area contributed by atoms with Gasteiger partial charge in [-0.2, -0.15) is 13.2 Å². The number of carboxylic acids is 1. The SMILES string of the molecule is O=C(O)c1ccccc1CCNS(=O)(=O)C(F)(F)F. The highest BCUT2D eigenvalue weighted by atomic mass is 32.2. The molecule has 0 unspecified atom stereocenters. The zero-order valence-electron chi connectivity index (χ0n) is 9.44. The van der Waals surface area contributed by atoms with Gasteiger partial charge in [0.05, 0.1) is 5.56 Å². The summed E-state index contributed by atoms with van der Waals surface area (Å²) in [4.78, 5) is 10.8. The number of hydrogen-bond donors (Lipinski definition) is 2. The molecule has 0 spiro atoms. The van der Waals surface area contributed by atoms with Crippen LogP contribution in [0.1, 0.15) is 15.9 Å². The predicted molar refractivity (Wildman–Crippen MR) is 60.1 cm³/mol. The van der Waals surface area contributed by atoms with Gasteiger partial charge in [-0.05, 0) is 18.1 Å². The molecule has 9 heteroatoms. The Morgan fingerprint density at radius 1 is 1.26 bits per heavy atom. The average molecular weight is 297 g/mol. The van der Waals surface area contributed by atoms with Crippen LogP contribution >= 0.6 is 0 Å². The van der Waals surface area contributed by atoms with Crippen molar-refractivity contribution in [3.63, 3.8) is 0 Å². The highest BCUT2D eigenvalue weighted by Gasteiger charge is 2.45. The Kier molecular flexibility index (Phi) is 4.53. The minimum Gasteiger partial charge on any atom is -0.478 e. The van der Waals surface area contributed by atoms with E-state index < -0.39 is 28.0 Å². The molecule has 106 valence electrons.